The van der Waals surface area contributed by atoms with E-state index in [-0.39, 0.29) is 17.9 Å². The van der Waals surface area contributed by atoms with Crippen molar-refractivity contribution in [2.24, 2.45) is 5.92 Å². The molecule has 0 unspecified atom stereocenters. The van der Waals surface area contributed by atoms with E-state index in [1.807, 2.05) is 12.1 Å². The SMILES string of the molecule is CCCCC[C@H]1CC[C@H](c2ccc(COc3ccc(C#N)c(F)c3F)cc2)CC1. The Balaban J connectivity index is 1.51. The highest BCUT2D eigenvalue weighted by Crippen LogP contribution is 2.37. The van der Waals surface area contributed by atoms with Crippen LogP contribution in [0, 0.1) is 28.9 Å². The van der Waals surface area contributed by atoms with Gasteiger partial charge in [0.2, 0.25) is 5.82 Å². The van der Waals surface area contributed by atoms with Gasteiger partial charge in [0.05, 0.1) is 5.56 Å². The maximum absolute atomic E-state index is 13.9. The van der Waals surface area contributed by atoms with Crippen molar-refractivity contribution in [3.63, 3.8) is 0 Å². The lowest BCUT2D eigenvalue weighted by molar-refractivity contribution is 0.284. The van der Waals surface area contributed by atoms with E-state index in [1.54, 1.807) is 6.07 Å². The van der Waals surface area contributed by atoms with Crippen molar-refractivity contribution in [2.45, 2.75) is 70.8 Å². The van der Waals surface area contributed by atoms with Crippen molar-refractivity contribution in [1.29, 1.82) is 5.26 Å². The fourth-order valence-electron chi connectivity index (χ4n) is 4.24. The number of ether oxygens (including phenoxy) is 1. The summed E-state index contributed by atoms with van der Waals surface area (Å²) < 4.78 is 33.0. The van der Waals surface area contributed by atoms with Gasteiger partial charge in [-0.05, 0) is 60.8 Å². The predicted molar refractivity (Wildman–Crippen MR) is 111 cm³/mol. The quantitative estimate of drug-likeness (QED) is 0.439. The Morgan fingerprint density at radius 1 is 0.966 bits per heavy atom. The highest BCUT2D eigenvalue weighted by Gasteiger charge is 2.22. The molecule has 4 heteroatoms. The summed E-state index contributed by atoms with van der Waals surface area (Å²) in [4.78, 5) is 0. The van der Waals surface area contributed by atoms with E-state index in [4.69, 9.17) is 10.00 Å². The molecule has 1 aliphatic carbocycles. The zero-order valence-electron chi connectivity index (χ0n) is 17.1. The molecule has 1 saturated carbocycles. The summed E-state index contributed by atoms with van der Waals surface area (Å²) in [6.07, 6.45) is 10.5. The van der Waals surface area contributed by atoms with Crippen LogP contribution in [0.1, 0.15) is 80.9 Å². The zero-order chi connectivity index (χ0) is 20.6. The van der Waals surface area contributed by atoms with E-state index >= 15 is 0 Å². The number of rotatable bonds is 8. The molecule has 0 aliphatic heterocycles. The molecule has 0 N–H and O–H groups in total. The van der Waals surface area contributed by atoms with Crippen LogP contribution in [-0.2, 0) is 6.61 Å². The molecule has 3 rings (SSSR count). The van der Waals surface area contributed by atoms with Crippen molar-refractivity contribution in [3.8, 4) is 11.8 Å². The van der Waals surface area contributed by atoms with Crippen molar-refractivity contribution >= 4 is 0 Å². The number of benzene rings is 2. The molecule has 2 aromatic carbocycles. The van der Waals surface area contributed by atoms with E-state index in [2.05, 4.69) is 19.1 Å². The molecule has 0 atom stereocenters. The topological polar surface area (TPSA) is 33.0 Å². The van der Waals surface area contributed by atoms with Gasteiger partial charge in [-0.1, -0.05) is 56.9 Å². The van der Waals surface area contributed by atoms with Gasteiger partial charge in [0, 0.05) is 0 Å². The zero-order valence-corrected chi connectivity index (χ0v) is 17.1. The second-order valence-corrected chi connectivity index (χ2v) is 8.09. The normalized spacial score (nSPS) is 19.0. The fourth-order valence-corrected chi connectivity index (χ4v) is 4.24. The minimum Gasteiger partial charge on any atom is -0.486 e. The Bertz CT molecular complexity index is 833. The molecule has 0 radical (unpaired) electrons. The maximum atomic E-state index is 13.9. The van der Waals surface area contributed by atoms with Crippen LogP contribution < -0.4 is 4.74 Å². The van der Waals surface area contributed by atoms with E-state index in [9.17, 15) is 8.78 Å². The molecule has 0 heterocycles. The molecule has 29 heavy (non-hydrogen) atoms. The first-order valence-electron chi connectivity index (χ1n) is 10.7. The van der Waals surface area contributed by atoms with Gasteiger partial charge in [0.1, 0.15) is 12.7 Å². The fraction of sp³-hybridized carbons (Fsp3) is 0.480. The highest BCUT2D eigenvalue weighted by molar-refractivity contribution is 5.38. The molecule has 0 spiro atoms. The predicted octanol–water partition coefficient (Wildman–Crippen LogP) is 7.27. The second-order valence-electron chi connectivity index (χ2n) is 8.09. The van der Waals surface area contributed by atoms with Gasteiger partial charge < -0.3 is 4.74 Å². The summed E-state index contributed by atoms with van der Waals surface area (Å²) in [7, 11) is 0. The third-order valence-corrected chi connectivity index (χ3v) is 6.08. The largest absolute Gasteiger partial charge is 0.486 e. The Morgan fingerprint density at radius 2 is 1.69 bits per heavy atom. The molecular weight excluding hydrogens is 368 g/mol. The van der Waals surface area contributed by atoms with Crippen LogP contribution in [0.5, 0.6) is 5.75 Å². The summed E-state index contributed by atoms with van der Waals surface area (Å²) in [5.41, 5.74) is 1.95. The summed E-state index contributed by atoms with van der Waals surface area (Å²) in [5, 5.41) is 8.74. The third-order valence-electron chi connectivity index (χ3n) is 6.08. The number of halogens is 2. The Morgan fingerprint density at radius 3 is 2.34 bits per heavy atom. The highest BCUT2D eigenvalue weighted by atomic mass is 19.2. The van der Waals surface area contributed by atoms with E-state index in [0.717, 1.165) is 11.5 Å². The van der Waals surface area contributed by atoms with Gasteiger partial charge in [-0.15, -0.1) is 0 Å². The number of hydrogen-bond acceptors (Lipinski definition) is 2. The van der Waals surface area contributed by atoms with Crippen LogP contribution in [0.3, 0.4) is 0 Å². The number of nitrogens with zero attached hydrogens (tertiary/aromatic N) is 1. The van der Waals surface area contributed by atoms with Crippen molar-refractivity contribution in [2.75, 3.05) is 0 Å². The van der Waals surface area contributed by atoms with E-state index in [0.29, 0.717) is 5.92 Å². The van der Waals surface area contributed by atoms with Gasteiger partial charge in [-0.25, -0.2) is 4.39 Å². The Labute approximate surface area is 172 Å². The van der Waals surface area contributed by atoms with Gasteiger partial charge >= 0.3 is 0 Å². The van der Waals surface area contributed by atoms with Crippen LogP contribution in [0.2, 0.25) is 0 Å². The van der Waals surface area contributed by atoms with Crippen LogP contribution >= 0.6 is 0 Å². The summed E-state index contributed by atoms with van der Waals surface area (Å²) in [6.45, 7) is 2.41. The molecule has 1 fully saturated rings. The standard InChI is InChI=1S/C25H29F2NO/c1-2-3-4-5-18-6-10-20(11-7-18)21-12-8-19(9-13-21)17-29-23-15-14-22(16-28)24(26)25(23)27/h8-9,12-15,18,20H,2-7,10-11,17H2,1H3/t18-,20-. The lowest BCUT2D eigenvalue weighted by Crippen LogP contribution is -2.13. The minimum atomic E-state index is -1.16. The summed E-state index contributed by atoms with van der Waals surface area (Å²) >= 11 is 0. The lowest BCUT2D eigenvalue weighted by Gasteiger charge is -2.29. The van der Waals surface area contributed by atoms with Crippen LogP contribution in [0.25, 0.3) is 0 Å². The number of hydrogen-bond donors (Lipinski definition) is 0. The minimum absolute atomic E-state index is 0.159. The molecule has 2 aromatic rings. The second kappa shape index (κ2) is 10.4. The lowest BCUT2D eigenvalue weighted by atomic mass is 9.77. The summed E-state index contributed by atoms with van der Waals surface area (Å²) in [5.74, 6) is -0.931. The number of nitriles is 1. The first-order chi connectivity index (χ1) is 14.1. The molecule has 0 aromatic heterocycles. The van der Waals surface area contributed by atoms with Crippen LogP contribution in [0.4, 0.5) is 8.78 Å². The van der Waals surface area contributed by atoms with Crippen LogP contribution in [0.15, 0.2) is 36.4 Å². The first kappa shape index (κ1) is 21.3. The van der Waals surface area contributed by atoms with Crippen molar-refractivity contribution < 1.29 is 13.5 Å². The molecule has 154 valence electrons. The Hall–Kier alpha value is -2.41. The van der Waals surface area contributed by atoms with Crippen molar-refractivity contribution in [3.05, 3.63) is 64.7 Å². The smallest absolute Gasteiger partial charge is 0.202 e. The first-order valence-corrected chi connectivity index (χ1v) is 10.7. The van der Waals surface area contributed by atoms with Crippen LogP contribution in [-0.4, -0.2) is 0 Å². The summed E-state index contributed by atoms with van der Waals surface area (Å²) in [6, 6.07) is 12.4. The van der Waals surface area contributed by atoms with Gasteiger partial charge in [0.15, 0.2) is 11.6 Å². The van der Waals surface area contributed by atoms with E-state index in [1.165, 1.54) is 69.1 Å². The Kier molecular flexibility index (Phi) is 7.63. The monoisotopic (exact) mass is 397 g/mol. The maximum Gasteiger partial charge on any atom is 0.202 e. The molecule has 0 bridgehead atoms. The van der Waals surface area contributed by atoms with Crippen molar-refractivity contribution in [1.82, 2.24) is 0 Å². The van der Waals surface area contributed by atoms with Gasteiger partial charge in [-0.3, -0.25) is 0 Å². The molecular formula is C25H29F2NO. The van der Waals surface area contributed by atoms with Gasteiger partial charge in [-0.2, -0.15) is 9.65 Å². The average Bonchev–Trinajstić information content (AvgIpc) is 2.76. The third kappa shape index (κ3) is 5.56. The molecule has 2 nitrogen and oxygen atoms in total. The molecule has 0 saturated heterocycles. The van der Waals surface area contributed by atoms with E-state index < -0.39 is 11.6 Å². The molecule has 0 amide bonds. The molecule has 1 aliphatic rings. The van der Waals surface area contributed by atoms with Gasteiger partial charge in [0.25, 0.3) is 0 Å². The number of unbranched alkanes of at least 4 members (excludes halogenated alkanes) is 2. The average molecular weight is 398 g/mol.